The lowest BCUT2D eigenvalue weighted by atomic mass is 9.64. The Balaban J connectivity index is 0.632. The fraction of sp³-hybridized carbons (Fsp3) is 0.0164. The number of hydrogen-bond donors (Lipinski definition) is 0. The number of nitrogens with zero attached hydrogens (tertiary/aromatic N) is 4. The number of rotatable bonds is 15. The lowest BCUT2D eigenvalue weighted by molar-refractivity contribution is 0.752. The van der Waals surface area contributed by atoms with Crippen LogP contribution in [0.1, 0.15) is 44.5 Å². The molecule has 0 aromatic heterocycles. The predicted octanol–water partition coefficient (Wildman–Crippen LogP) is 32.6. The van der Waals surface area contributed by atoms with Gasteiger partial charge in [0, 0.05) is 45.1 Å². The Morgan fingerprint density at radius 3 is 0.984 bits per heavy atom. The minimum Gasteiger partial charge on any atom is -0.310 e. The molecule has 2 heterocycles. The van der Waals surface area contributed by atoms with E-state index in [1.54, 1.807) is 0 Å². The van der Waals surface area contributed by atoms with Crippen molar-refractivity contribution in [2.75, 3.05) is 19.6 Å². The van der Waals surface area contributed by atoms with Crippen molar-refractivity contribution in [1.82, 2.24) is 0 Å². The van der Waals surface area contributed by atoms with Crippen LogP contribution in [0.3, 0.4) is 0 Å². The van der Waals surface area contributed by atoms with Crippen LogP contribution in [0.5, 0.6) is 0 Å². The number of anilines is 12. The summed E-state index contributed by atoms with van der Waals surface area (Å²) in [6.07, 6.45) is 0. The largest absolute Gasteiger partial charge is 0.310 e. The number of para-hydroxylation sites is 6. The van der Waals surface area contributed by atoms with Crippen LogP contribution in [0, 0.1) is 0 Å². The molecule has 0 saturated carbocycles. The van der Waals surface area contributed by atoms with E-state index in [0.717, 1.165) is 113 Å². The Kier molecular flexibility index (Phi) is 17.7. The summed E-state index contributed by atoms with van der Waals surface area (Å²) < 4.78 is 0. The minimum atomic E-state index is -0.729. The summed E-state index contributed by atoms with van der Waals surface area (Å²) in [6.45, 7) is 0. The van der Waals surface area contributed by atoms with Crippen LogP contribution in [-0.2, 0) is 10.8 Å². The van der Waals surface area contributed by atoms with E-state index in [0.29, 0.717) is 0 Å². The first kappa shape index (κ1) is 73.5. The van der Waals surface area contributed by atoms with Gasteiger partial charge in [-0.2, -0.15) is 0 Å². The standard InChI is InChI=1S/C122H82N4/c1-6-35-83(36-7-1)86-69-74-95(75-70-86)123(117-67-33-60-110-119(117)101-52-16-19-54-104(101)121(110)106-56-21-26-63-113(106)125(94-47-14-5-15-48-94)114-64-27-22-57-107(114)121)97-49-32-46-93(81-97)99-78-73-91(82-103(99)88-41-12-4-13-42-88)90-44-31-50-98(80-90)126-115-65-28-23-58-108(115)122(109-59-24-29-66-116(109)126)105-55-20-17-53-102(105)120-111(122)61-34-68-118(120)124(96-76-71-87(72-77-96)84-37-8-2-9-38-84)112-62-25-18-51-100(112)92-45-30-43-89(79-92)85-39-10-3-11-40-85/h1-82H. The molecule has 0 fully saturated rings. The Labute approximate surface area is 735 Å². The SMILES string of the molecule is c1ccc(-c2ccc(N(c3cccc(-c4ccc(-c5cccc(N6c7ccccc7C7(c8ccccc8-c8c(N(c9ccc(-c%10ccccc%10)cc9)c9ccccc9-c9cccc(-c%10ccccc%10)c9)cccc87)c7ccccc76)c5)cc4-c4ccccc4)c3)c3cccc4c3-c3ccccc3C43c4ccccc4N(c4ccccc4)c4ccccc43)cc2)cc1. The molecule has 24 rings (SSSR count). The minimum absolute atomic E-state index is 0.654. The van der Waals surface area contributed by atoms with Gasteiger partial charge in [0.25, 0.3) is 0 Å². The molecule has 4 nitrogen and oxygen atoms in total. The quantitative estimate of drug-likeness (QED) is 0.101. The molecule has 0 atom stereocenters. The van der Waals surface area contributed by atoms with Gasteiger partial charge < -0.3 is 19.6 Å². The first-order chi connectivity index (χ1) is 62.5. The van der Waals surface area contributed by atoms with E-state index in [1.165, 1.54) is 100 Å². The summed E-state index contributed by atoms with van der Waals surface area (Å²) in [4.78, 5) is 10.0. The van der Waals surface area contributed by atoms with Gasteiger partial charge in [-0.1, -0.05) is 382 Å². The number of benzene rings is 20. The third kappa shape index (κ3) is 11.7. The van der Waals surface area contributed by atoms with Crippen LogP contribution in [0.4, 0.5) is 68.2 Å². The molecule has 0 bridgehead atoms. The lowest BCUT2D eigenvalue weighted by Gasteiger charge is -2.45. The average molecular weight is 1600 g/mol. The molecule has 126 heavy (non-hydrogen) atoms. The monoisotopic (exact) mass is 1600 g/mol. The van der Waals surface area contributed by atoms with Crippen molar-refractivity contribution in [2.24, 2.45) is 0 Å². The van der Waals surface area contributed by atoms with Crippen LogP contribution in [0.2, 0.25) is 0 Å². The van der Waals surface area contributed by atoms with Crippen LogP contribution >= 0.6 is 0 Å². The van der Waals surface area contributed by atoms with E-state index in [2.05, 4.69) is 517 Å². The highest BCUT2D eigenvalue weighted by Gasteiger charge is 2.55. The maximum atomic E-state index is 2.53. The maximum Gasteiger partial charge on any atom is 0.0755 e. The highest BCUT2D eigenvalue weighted by atomic mass is 15.2. The normalized spacial score (nSPS) is 13.0. The van der Waals surface area contributed by atoms with Crippen LogP contribution in [0.15, 0.2) is 497 Å². The molecule has 2 aliphatic carbocycles. The van der Waals surface area contributed by atoms with Gasteiger partial charge in [0.1, 0.15) is 0 Å². The van der Waals surface area contributed by atoms with Crippen molar-refractivity contribution >= 4 is 68.2 Å². The Morgan fingerprint density at radius 1 is 0.151 bits per heavy atom. The second kappa shape index (κ2) is 30.3. The molecule has 20 aromatic carbocycles. The van der Waals surface area contributed by atoms with Crippen molar-refractivity contribution in [3.63, 3.8) is 0 Å². The van der Waals surface area contributed by atoms with E-state index in [1.807, 2.05) is 0 Å². The van der Waals surface area contributed by atoms with Gasteiger partial charge in [0.2, 0.25) is 0 Å². The van der Waals surface area contributed by atoms with E-state index in [4.69, 9.17) is 0 Å². The number of hydrogen-bond acceptors (Lipinski definition) is 4. The summed E-state index contributed by atoms with van der Waals surface area (Å²) in [7, 11) is 0. The van der Waals surface area contributed by atoms with Crippen LogP contribution in [-0.4, -0.2) is 0 Å². The van der Waals surface area contributed by atoms with Crippen molar-refractivity contribution in [2.45, 2.75) is 10.8 Å². The zero-order valence-corrected chi connectivity index (χ0v) is 69.1. The third-order valence-electron chi connectivity index (χ3n) is 26.6. The summed E-state index contributed by atoms with van der Waals surface area (Å²) in [5, 5.41) is 0. The molecule has 0 unspecified atom stereocenters. The second-order valence-corrected chi connectivity index (χ2v) is 33.3. The maximum absolute atomic E-state index is 2.53. The molecule has 2 aliphatic heterocycles. The van der Waals surface area contributed by atoms with Crippen LogP contribution in [0.25, 0.3) is 100 Å². The molecule has 590 valence electrons. The molecule has 0 amide bonds. The predicted molar refractivity (Wildman–Crippen MR) is 525 cm³/mol. The first-order valence-corrected chi connectivity index (χ1v) is 43.6. The van der Waals surface area contributed by atoms with Crippen molar-refractivity contribution in [3.05, 3.63) is 542 Å². The van der Waals surface area contributed by atoms with Crippen LogP contribution < -0.4 is 19.6 Å². The van der Waals surface area contributed by atoms with E-state index >= 15 is 0 Å². The van der Waals surface area contributed by atoms with Gasteiger partial charge >= 0.3 is 0 Å². The van der Waals surface area contributed by atoms with Crippen molar-refractivity contribution in [1.29, 1.82) is 0 Å². The first-order valence-electron chi connectivity index (χ1n) is 43.6. The van der Waals surface area contributed by atoms with E-state index < -0.39 is 10.8 Å². The summed E-state index contributed by atoms with van der Waals surface area (Å²) in [6, 6.07) is 185. The molecular weight excluding hydrogens is 1520 g/mol. The molecule has 0 N–H and O–H groups in total. The Morgan fingerprint density at radius 2 is 0.468 bits per heavy atom. The third-order valence-corrected chi connectivity index (χ3v) is 26.6. The fourth-order valence-corrected chi connectivity index (χ4v) is 21.4. The highest BCUT2D eigenvalue weighted by Crippen LogP contribution is 2.68. The molecule has 20 aromatic rings. The number of fused-ring (bicyclic) bond motifs is 18. The summed E-state index contributed by atoms with van der Waals surface area (Å²) >= 11 is 0. The summed E-state index contributed by atoms with van der Waals surface area (Å²) in [5.41, 5.74) is 42.7. The molecule has 4 heteroatoms. The van der Waals surface area contributed by atoms with Gasteiger partial charge in [-0.3, -0.25) is 0 Å². The van der Waals surface area contributed by atoms with Gasteiger partial charge in [0.15, 0.2) is 0 Å². The molecule has 2 spiro atoms. The zero-order chi connectivity index (χ0) is 83.2. The van der Waals surface area contributed by atoms with Gasteiger partial charge in [-0.25, -0.2) is 0 Å². The van der Waals surface area contributed by atoms with Crippen molar-refractivity contribution in [3.8, 4) is 100 Å². The lowest BCUT2D eigenvalue weighted by Crippen LogP contribution is -2.36. The fourth-order valence-electron chi connectivity index (χ4n) is 21.4. The van der Waals surface area contributed by atoms with Crippen molar-refractivity contribution < 1.29 is 0 Å². The van der Waals surface area contributed by atoms with Gasteiger partial charge in [0.05, 0.1) is 50.6 Å². The molecule has 0 radical (unpaired) electrons. The zero-order valence-electron chi connectivity index (χ0n) is 69.1. The molecular formula is C122H82N4. The summed E-state index contributed by atoms with van der Waals surface area (Å²) in [5.74, 6) is 0. The second-order valence-electron chi connectivity index (χ2n) is 33.3. The van der Waals surface area contributed by atoms with E-state index in [9.17, 15) is 0 Å². The van der Waals surface area contributed by atoms with E-state index in [-0.39, 0.29) is 0 Å². The topological polar surface area (TPSA) is 13.0 Å². The Bertz CT molecular complexity index is 7500. The molecule has 4 aliphatic rings. The highest BCUT2D eigenvalue weighted by molar-refractivity contribution is 6.06. The smallest absolute Gasteiger partial charge is 0.0755 e. The Hall–Kier alpha value is -16.4. The average Bonchev–Trinajstić information content (AvgIpc) is 1.48. The van der Waals surface area contributed by atoms with Gasteiger partial charge in [-0.15, -0.1) is 0 Å². The molecule has 0 saturated heterocycles. The van der Waals surface area contributed by atoms with Gasteiger partial charge in [-0.05, 0) is 243 Å².